The molecule has 0 unspecified atom stereocenters. The molecule has 0 atom stereocenters. The summed E-state index contributed by atoms with van der Waals surface area (Å²) in [7, 11) is -0.234. The third kappa shape index (κ3) is 6.82. The van der Waals surface area contributed by atoms with E-state index in [1.807, 2.05) is 0 Å². The molecule has 0 aliphatic carbocycles. The molecule has 0 radical (unpaired) electrons. The maximum Gasteiger partial charge on any atom is 0.161 e. The topological polar surface area (TPSA) is 35.2 Å². The van der Waals surface area contributed by atoms with Gasteiger partial charge in [-0.05, 0) is 31.9 Å². The Hall–Kier alpha value is 0.137. The molecular weight excluding hydrogens is 166 g/mol. The Balaban J connectivity index is 3.06. The lowest BCUT2D eigenvalue weighted by atomic mass is 10.2. The van der Waals surface area contributed by atoms with Crippen LogP contribution in [0.15, 0.2) is 0 Å². The van der Waals surface area contributed by atoms with E-state index >= 15 is 0 Å². The molecule has 2 N–H and O–H groups in total. The average molecular weight is 189 g/mol. The molecule has 3 heteroatoms. The van der Waals surface area contributed by atoms with E-state index in [1.54, 1.807) is 0 Å². The zero-order valence-corrected chi connectivity index (χ0v) is 9.93. The Morgan fingerprint density at radius 1 is 1.25 bits per heavy atom. The van der Waals surface area contributed by atoms with Crippen molar-refractivity contribution in [2.75, 3.05) is 6.54 Å². The summed E-state index contributed by atoms with van der Waals surface area (Å²) in [6.45, 7) is 5.23. The molecule has 0 spiro atoms. The van der Waals surface area contributed by atoms with E-state index in [2.05, 4.69) is 13.8 Å². The highest BCUT2D eigenvalue weighted by molar-refractivity contribution is 6.27. The second-order valence-corrected chi connectivity index (χ2v) is 4.61. The SMILES string of the molecule is CCC(CC)O[SiH2]CCCCN. The molecule has 0 bridgehead atoms. The van der Waals surface area contributed by atoms with Gasteiger partial charge in [0.1, 0.15) is 0 Å². The first-order chi connectivity index (χ1) is 5.85. The van der Waals surface area contributed by atoms with E-state index in [0.29, 0.717) is 6.10 Å². The molecule has 0 aliphatic rings. The summed E-state index contributed by atoms with van der Waals surface area (Å²) >= 11 is 0. The zero-order valence-electron chi connectivity index (χ0n) is 8.51. The van der Waals surface area contributed by atoms with Crippen molar-refractivity contribution >= 4 is 9.76 Å². The zero-order chi connectivity index (χ0) is 9.23. The van der Waals surface area contributed by atoms with Crippen LogP contribution in [0.4, 0.5) is 0 Å². The van der Waals surface area contributed by atoms with Crippen LogP contribution in [-0.2, 0) is 4.43 Å². The van der Waals surface area contributed by atoms with Gasteiger partial charge in [-0.1, -0.05) is 20.3 Å². The number of hydrogen-bond acceptors (Lipinski definition) is 2. The van der Waals surface area contributed by atoms with Gasteiger partial charge in [-0.3, -0.25) is 0 Å². The summed E-state index contributed by atoms with van der Waals surface area (Å²) in [5.41, 5.74) is 5.40. The Morgan fingerprint density at radius 2 is 1.92 bits per heavy atom. The fourth-order valence-electron chi connectivity index (χ4n) is 1.20. The predicted molar refractivity (Wildman–Crippen MR) is 57.1 cm³/mol. The van der Waals surface area contributed by atoms with Gasteiger partial charge >= 0.3 is 0 Å². The molecule has 0 aliphatic heterocycles. The van der Waals surface area contributed by atoms with Crippen LogP contribution in [0.25, 0.3) is 0 Å². The number of rotatable bonds is 8. The van der Waals surface area contributed by atoms with Crippen molar-refractivity contribution in [3.63, 3.8) is 0 Å². The second kappa shape index (κ2) is 9.23. The fourth-order valence-corrected chi connectivity index (χ4v) is 2.73. The lowest BCUT2D eigenvalue weighted by Gasteiger charge is -2.13. The van der Waals surface area contributed by atoms with Crippen molar-refractivity contribution in [1.82, 2.24) is 0 Å². The Morgan fingerprint density at radius 3 is 2.42 bits per heavy atom. The molecular formula is C9H23NOSi. The predicted octanol–water partition coefficient (Wildman–Crippen LogP) is 1.43. The standard InChI is InChI=1S/C9H23NOSi/c1-3-9(4-2)11-12-8-6-5-7-10/h9H,3-8,10,12H2,1-2H3. The van der Waals surface area contributed by atoms with Crippen LogP contribution in [-0.4, -0.2) is 22.4 Å². The van der Waals surface area contributed by atoms with Gasteiger partial charge in [0.15, 0.2) is 9.76 Å². The van der Waals surface area contributed by atoms with Crippen LogP contribution in [0.2, 0.25) is 6.04 Å². The lowest BCUT2D eigenvalue weighted by Crippen LogP contribution is -2.13. The van der Waals surface area contributed by atoms with Crippen molar-refractivity contribution < 1.29 is 4.43 Å². The van der Waals surface area contributed by atoms with Crippen molar-refractivity contribution in [1.29, 1.82) is 0 Å². The molecule has 2 nitrogen and oxygen atoms in total. The van der Waals surface area contributed by atoms with Crippen LogP contribution in [0.3, 0.4) is 0 Å². The molecule has 0 aromatic rings. The summed E-state index contributed by atoms with van der Waals surface area (Å²) in [5, 5.41) is 0. The molecule has 0 saturated heterocycles. The average Bonchev–Trinajstić information content (AvgIpc) is 2.11. The molecule has 0 aromatic heterocycles. The fraction of sp³-hybridized carbons (Fsp3) is 1.00. The normalized spacial score (nSPS) is 12.0. The summed E-state index contributed by atoms with van der Waals surface area (Å²) < 4.78 is 5.79. The molecule has 74 valence electrons. The minimum absolute atomic E-state index is 0.234. The second-order valence-electron chi connectivity index (χ2n) is 3.16. The van der Waals surface area contributed by atoms with Gasteiger partial charge in [-0.25, -0.2) is 0 Å². The number of hydrogen-bond donors (Lipinski definition) is 1. The molecule has 0 rings (SSSR count). The van der Waals surface area contributed by atoms with Crippen molar-refractivity contribution in [3.8, 4) is 0 Å². The number of unbranched alkanes of at least 4 members (excludes halogenated alkanes) is 1. The first kappa shape index (κ1) is 12.1. The first-order valence-electron chi connectivity index (χ1n) is 5.16. The summed E-state index contributed by atoms with van der Waals surface area (Å²) in [4.78, 5) is 0. The van der Waals surface area contributed by atoms with Gasteiger partial charge in [0.2, 0.25) is 0 Å². The third-order valence-electron chi connectivity index (χ3n) is 2.11. The molecule has 0 amide bonds. The Labute approximate surface area is 78.8 Å². The quantitative estimate of drug-likeness (QED) is 0.463. The van der Waals surface area contributed by atoms with E-state index in [1.165, 1.54) is 31.7 Å². The summed E-state index contributed by atoms with van der Waals surface area (Å²) in [6.07, 6.45) is 5.30. The van der Waals surface area contributed by atoms with Crippen LogP contribution in [0, 0.1) is 0 Å². The molecule has 0 heterocycles. The van der Waals surface area contributed by atoms with E-state index in [0.717, 1.165) is 6.54 Å². The summed E-state index contributed by atoms with van der Waals surface area (Å²) in [6, 6.07) is 1.30. The third-order valence-corrected chi connectivity index (χ3v) is 3.61. The molecule has 0 aromatic carbocycles. The van der Waals surface area contributed by atoms with Gasteiger partial charge in [0, 0.05) is 6.10 Å². The highest BCUT2D eigenvalue weighted by atomic mass is 28.2. The minimum Gasteiger partial charge on any atom is -0.421 e. The highest BCUT2D eigenvalue weighted by Crippen LogP contribution is 2.03. The van der Waals surface area contributed by atoms with Gasteiger partial charge in [0.05, 0.1) is 0 Å². The van der Waals surface area contributed by atoms with Gasteiger partial charge in [0.25, 0.3) is 0 Å². The van der Waals surface area contributed by atoms with E-state index in [4.69, 9.17) is 10.2 Å². The van der Waals surface area contributed by atoms with Gasteiger partial charge in [-0.2, -0.15) is 0 Å². The molecule has 12 heavy (non-hydrogen) atoms. The van der Waals surface area contributed by atoms with Crippen molar-refractivity contribution in [2.45, 2.75) is 51.7 Å². The maximum absolute atomic E-state index is 5.79. The minimum atomic E-state index is -0.234. The Kier molecular flexibility index (Phi) is 9.33. The smallest absolute Gasteiger partial charge is 0.161 e. The Bertz CT molecular complexity index is 86.6. The lowest BCUT2D eigenvalue weighted by molar-refractivity contribution is 0.202. The summed E-state index contributed by atoms with van der Waals surface area (Å²) in [5.74, 6) is 0. The van der Waals surface area contributed by atoms with Crippen LogP contribution >= 0.6 is 0 Å². The van der Waals surface area contributed by atoms with Gasteiger partial charge in [-0.15, -0.1) is 0 Å². The van der Waals surface area contributed by atoms with Crippen LogP contribution in [0.5, 0.6) is 0 Å². The molecule has 0 saturated carbocycles. The van der Waals surface area contributed by atoms with Crippen molar-refractivity contribution in [2.24, 2.45) is 5.73 Å². The van der Waals surface area contributed by atoms with Crippen LogP contribution in [0.1, 0.15) is 39.5 Å². The molecule has 0 fully saturated rings. The van der Waals surface area contributed by atoms with E-state index in [-0.39, 0.29) is 9.76 Å². The van der Waals surface area contributed by atoms with E-state index in [9.17, 15) is 0 Å². The number of nitrogens with two attached hydrogens (primary N) is 1. The van der Waals surface area contributed by atoms with Crippen molar-refractivity contribution in [3.05, 3.63) is 0 Å². The first-order valence-corrected chi connectivity index (χ1v) is 6.74. The van der Waals surface area contributed by atoms with Crippen LogP contribution < -0.4 is 5.73 Å². The van der Waals surface area contributed by atoms with E-state index < -0.39 is 0 Å². The monoisotopic (exact) mass is 189 g/mol. The van der Waals surface area contributed by atoms with Gasteiger partial charge < -0.3 is 10.2 Å². The maximum atomic E-state index is 5.79. The highest BCUT2D eigenvalue weighted by Gasteiger charge is 2.01. The largest absolute Gasteiger partial charge is 0.421 e.